The van der Waals surface area contributed by atoms with Crippen LogP contribution in [0.3, 0.4) is 0 Å². The molecule has 1 amide bonds. The predicted molar refractivity (Wildman–Crippen MR) is 99.0 cm³/mol. The molecule has 0 spiro atoms. The van der Waals surface area contributed by atoms with Crippen LogP contribution < -0.4 is 10.1 Å². The second-order valence-corrected chi connectivity index (χ2v) is 8.71. The van der Waals surface area contributed by atoms with E-state index in [0.29, 0.717) is 31.7 Å². The molecular weight excluding hydrogens is 380 g/mol. The summed E-state index contributed by atoms with van der Waals surface area (Å²) in [5.41, 5.74) is 0. The van der Waals surface area contributed by atoms with Crippen LogP contribution >= 0.6 is 11.6 Å². The van der Waals surface area contributed by atoms with Crippen LogP contribution in [-0.2, 0) is 19.6 Å². The third kappa shape index (κ3) is 4.88. The van der Waals surface area contributed by atoms with Gasteiger partial charge in [0.1, 0.15) is 5.75 Å². The van der Waals surface area contributed by atoms with Crippen LogP contribution in [0, 0.1) is 5.92 Å². The van der Waals surface area contributed by atoms with Gasteiger partial charge < -0.3 is 14.8 Å². The fourth-order valence-corrected chi connectivity index (χ4v) is 4.86. The molecule has 1 aromatic carbocycles. The van der Waals surface area contributed by atoms with E-state index >= 15 is 0 Å². The SMILES string of the molecule is COC[C@H](C)NC(=O)[C@H]1CCCN(S(=O)(=O)c2ccc(OC)c(Cl)c2)C1. The smallest absolute Gasteiger partial charge is 0.243 e. The quantitative estimate of drug-likeness (QED) is 0.750. The van der Waals surface area contributed by atoms with Crippen LogP contribution in [0.5, 0.6) is 5.75 Å². The van der Waals surface area contributed by atoms with Gasteiger partial charge >= 0.3 is 0 Å². The lowest BCUT2D eigenvalue weighted by Gasteiger charge is -2.31. The molecule has 2 atom stereocenters. The summed E-state index contributed by atoms with van der Waals surface area (Å²) in [5, 5.41) is 3.09. The van der Waals surface area contributed by atoms with E-state index in [9.17, 15) is 13.2 Å². The van der Waals surface area contributed by atoms with Gasteiger partial charge in [0.2, 0.25) is 15.9 Å². The number of carbonyl (C=O) groups is 1. The average Bonchev–Trinajstić information content (AvgIpc) is 2.61. The fraction of sp³-hybridized carbons (Fsp3) is 0.588. The number of sulfonamides is 1. The summed E-state index contributed by atoms with van der Waals surface area (Å²) in [6, 6.07) is 4.24. The molecule has 26 heavy (non-hydrogen) atoms. The Kier molecular flexibility index (Phi) is 7.28. The monoisotopic (exact) mass is 404 g/mol. The fourth-order valence-electron chi connectivity index (χ4n) is 2.98. The molecule has 1 N–H and O–H groups in total. The zero-order valence-corrected chi connectivity index (χ0v) is 16.8. The third-order valence-corrected chi connectivity index (χ3v) is 6.48. The summed E-state index contributed by atoms with van der Waals surface area (Å²) >= 11 is 6.06. The van der Waals surface area contributed by atoms with E-state index in [1.54, 1.807) is 7.11 Å². The molecule has 7 nitrogen and oxygen atoms in total. The van der Waals surface area contributed by atoms with Gasteiger partial charge in [0.25, 0.3) is 0 Å². The Balaban J connectivity index is 2.12. The summed E-state index contributed by atoms with van der Waals surface area (Å²) in [4.78, 5) is 12.5. The molecule has 1 aliphatic heterocycles. The first-order valence-corrected chi connectivity index (χ1v) is 10.2. The van der Waals surface area contributed by atoms with E-state index in [0.717, 1.165) is 0 Å². The van der Waals surface area contributed by atoms with Gasteiger partial charge in [-0.15, -0.1) is 0 Å². The topological polar surface area (TPSA) is 84.9 Å². The lowest BCUT2D eigenvalue weighted by molar-refractivity contribution is -0.127. The van der Waals surface area contributed by atoms with Crippen molar-refractivity contribution in [2.24, 2.45) is 5.92 Å². The Morgan fingerprint density at radius 1 is 1.42 bits per heavy atom. The van der Waals surface area contributed by atoms with E-state index in [1.807, 2.05) is 6.92 Å². The molecule has 0 bridgehead atoms. The molecule has 146 valence electrons. The largest absolute Gasteiger partial charge is 0.495 e. The van der Waals surface area contributed by atoms with Gasteiger partial charge in [0.05, 0.1) is 29.6 Å². The summed E-state index contributed by atoms with van der Waals surface area (Å²) in [6.07, 6.45) is 1.28. The van der Waals surface area contributed by atoms with E-state index in [2.05, 4.69) is 5.32 Å². The van der Waals surface area contributed by atoms with Crippen molar-refractivity contribution in [3.63, 3.8) is 0 Å². The number of piperidine rings is 1. The molecule has 1 aromatic rings. The minimum Gasteiger partial charge on any atom is -0.495 e. The number of amides is 1. The summed E-state index contributed by atoms with van der Waals surface area (Å²) in [5.74, 6) is -0.123. The zero-order valence-electron chi connectivity index (χ0n) is 15.2. The molecule has 0 unspecified atom stereocenters. The predicted octanol–water partition coefficient (Wildman–Crippen LogP) is 1.90. The number of nitrogens with zero attached hydrogens (tertiary/aromatic N) is 1. The van der Waals surface area contributed by atoms with Crippen molar-refractivity contribution >= 4 is 27.5 Å². The van der Waals surface area contributed by atoms with Crippen LogP contribution in [0.15, 0.2) is 23.1 Å². The minimum absolute atomic E-state index is 0.0945. The number of ether oxygens (including phenoxy) is 2. The molecule has 0 aliphatic carbocycles. The highest BCUT2D eigenvalue weighted by Crippen LogP contribution is 2.30. The lowest BCUT2D eigenvalue weighted by Crippen LogP contribution is -2.47. The lowest BCUT2D eigenvalue weighted by atomic mass is 9.98. The molecule has 0 radical (unpaired) electrons. The number of hydrogen-bond acceptors (Lipinski definition) is 5. The van der Waals surface area contributed by atoms with E-state index in [-0.39, 0.29) is 34.3 Å². The van der Waals surface area contributed by atoms with Crippen molar-refractivity contribution in [3.05, 3.63) is 23.2 Å². The number of benzene rings is 1. The Hall–Kier alpha value is -1.35. The van der Waals surface area contributed by atoms with Gasteiger partial charge in [-0.05, 0) is 38.0 Å². The van der Waals surface area contributed by atoms with Crippen molar-refractivity contribution in [2.45, 2.75) is 30.7 Å². The van der Waals surface area contributed by atoms with Crippen molar-refractivity contribution in [1.82, 2.24) is 9.62 Å². The number of rotatable bonds is 7. The highest BCUT2D eigenvalue weighted by atomic mass is 35.5. The van der Waals surface area contributed by atoms with Gasteiger partial charge in [-0.1, -0.05) is 11.6 Å². The summed E-state index contributed by atoms with van der Waals surface area (Å²) < 4.78 is 37.2. The Labute approximate surface area is 159 Å². The highest BCUT2D eigenvalue weighted by Gasteiger charge is 2.33. The molecule has 9 heteroatoms. The third-order valence-electron chi connectivity index (χ3n) is 4.32. The van der Waals surface area contributed by atoms with Crippen molar-refractivity contribution in [3.8, 4) is 5.75 Å². The van der Waals surface area contributed by atoms with Gasteiger partial charge in [-0.3, -0.25) is 4.79 Å². The molecule has 0 aromatic heterocycles. The second kappa shape index (κ2) is 9.03. The first kappa shape index (κ1) is 21.0. The minimum atomic E-state index is -3.73. The Morgan fingerprint density at radius 3 is 2.77 bits per heavy atom. The first-order chi connectivity index (χ1) is 12.3. The second-order valence-electron chi connectivity index (χ2n) is 6.36. The zero-order chi connectivity index (χ0) is 19.3. The number of methoxy groups -OCH3 is 2. The number of halogens is 1. The Bertz CT molecular complexity index is 741. The highest BCUT2D eigenvalue weighted by molar-refractivity contribution is 7.89. The molecule has 2 rings (SSSR count). The van der Waals surface area contributed by atoms with Crippen molar-refractivity contribution in [2.75, 3.05) is 33.9 Å². The van der Waals surface area contributed by atoms with E-state index < -0.39 is 10.0 Å². The molecule has 0 saturated carbocycles. The molecule has 1 aliphatic rings. The van der Waals surface area contributed by atoms with Crippen LogP contribution in [0.25, 0.3) is 0 Å². The van der Waals surface area contributed by atoms with Crippen molar-refractivity contribution < 1.29 is 22.7 Å². The number of carbonyl (C=O) groups excluding carboxylic acids is 1. The van der Waals surface area contributed by atoms with Crippen LogP contribution in [0.1, 0.15) is 19.8 Å². The maximum atomic E-state index is 12.9. The maximum Gasteiger partial charge on any atom is 0.243 e. The molecule has 1 heterocycles. The standard InChI is InChI=1S/C17H25ClN2O5S/c1-12(11-24-2)19-17(21)13-5-4-8-20(10-13)26(22,23)14-6-7-16(25-3)15(18)9-14/h6-7,9,12-13H,4-5,8,10-11H2,1-3H3,(H,19,21)/t12-,13-/m0/s1. The van der Waals surface area contributed by atoms with Crippen molar-refractivity contribution in [1.29, 1.82) is 0 Å². The average molecular weight is 405 g/mol. The van der Waals surface area contributed by atoms with Crippen LogP contribution in [0.2, 0.25) is 5.02 Å². The normalized spacial score (nSPS) is 19.8. The van der Waals surface area contributed by atoms with Gasteiger partial charge in [-0.25, -0.2) is 8.42 Å². The molecular formula is C17H25ClN2O5S. The van der Waals surface area contributed by atoms with Crippen LogP contribution in [0.4, 0.5) is 0 Å². The van der Waals surface area contributed by atoms with E-state index in [4.69, 9.17) is 21.1 Å². The molecule has 1 saturated heterocycles. The van der Waals surface area contributed by atoms with Gasteiger partial charge in [0.15, 0.2) is 0 Å². The number of hydrogen-bond donors (Lipinski definition) is 1. The molecule has 1 fully saturated rings. The maximum absolute atomic E-state index is 12.9. The summed E-state index contributed by atoms with van der Waals surface area (Å²) in [7, 11) is -0.693. The first-order valence-electron chi connectivity index (χ1n) is 8.42. The van der Waals surface area contributed by atoms with E-state index in [1.165, 1.54) is 29.6 Å². The van der Waals surface area contributed by atoms with Crippen LogP contribution in [-0.4, -0.2) is 58.6 Å². The van der Waals surface area contributed by atoms with Gasteiger partial charge in [0, 0.05) is 26.2 Å². The summed E-state index contributed by atoms with van der Waals surface area (Å²) in [6.45, 7) is 2.78. The Morgan fingerprint density at radius 2 is 2.15 bits per heavy atom. The van der Waals surface area contributed by atoms with Gasteiger partial charge in [-0.2, -0.15) is 4.31 Å². The number of nitrogens with one attached hydrogen (secondary N) is 1.